The molecule has 9 aromatic carbocycles. The highest BCUT2D eigenvalue weighted by Crippen LogP contribution is 2.50. The molecule has 1 N–H and O–H groups in total. The van der Waals surface area contributed by atoms with Gasteiger partial charge in [-0.15, -0.1) is 0 Å². The summed E-state index contributed by atoms with van der Waals surface area (Å²) < 4.78 is 2.07. The molecule has 0 radical (unpaired) electrons. The molecule has 2 heterocycles. The summed E-state index contributed by atoms with van der Waals surface area (Å²) >= 11 is 0. The zero-order valence-corrected chi connectivity index (χ0v) is 28.5. The van der Waals surface area contributed by atoms with Gasteiger partial charge in [0, 0.05) is 22.1 Å². The van der Waals surface area contributed by atoms with Crippen LogP contribution in [0.25, 0.3) is 98.9 Å². The molecule has 0 spiro atoms. The molecule has 1 unspecified atom stereocenters. The molecule has 0 fully saturated rings. The second-order valence-corrected chi connectivity index (χ2v) is 14.2. The van der Waals surface area contributed by atoms with Crippen LogP contribution < -0.4 is 0 Å². The average Bonchev–Trinajstić information content (AvgIpc) is 3.60. The largest absolute Gasteiger partial charge is 0.367 e. The van der Waals surface area contributed by atoms with Crippen LogP contribution in [-0.4, -0.2) is 14.7 Å². The number of fused-ring (bicyclic) bond motifs is 7. The highest BCUT2D eigenvalue weighted by atomic mass is 16.3. The smallest absolute Gasteiger partial charge is 0.167 e. The first-order valence-corrected chi connectivity index (χ1v) is 17.9. The molecule has 1 aliphatic heterocycles. The maximum Gasteiger partial charge on any atom is 0.167 e. The summed E-state index contributed by atoms with van der Waals surface area (Å²) in [5.74, 6) is 0.768. The van der Waals surface area contributed by atoms with Crippen LogP contribution in [0.15, 0.2) is 170 Å². The van der Waals surface area contributed by atoms with Gasteiger partial charge in [0.05, 0.1) is 11.0 Å². The number of aliphatic hydroxyl groups is 1. The maximum absolute atomic E-state index is 12.9. The molecule has 0 bridgehead atoms. The van der Waals surface area contributed by atoms with Crippen LogP contribution in [0.4, 0.5) is 0 Å². The van der Waals surface area contributed by atoms with Gasteiger partial charge in [-0.25, -0.2) is 4.98 Å². The summed E-state index contributed by atoms with van der Waals surface area (Å²) in [5.41, 5.74) is 9.01. The molecule has 1 aliphatic rings. The van der Waals surface area contributed by atoms with E-state index in [0.29, 0.717) is 0 Å². The van der Waals surface area contributed by atoms with E-state index in [1.54, 1.807) is 0 Å². The SMILES string of the molecule is CC1(O)c2cccc3c(-c4cccc5ccccc45)ccc(c23)-c2nc3c(-c4cccc5ccccc45)cc(-c4cccc5ccccc45)cc3n21. The standard InChI is InChI=1S/C49H32N2O/c1-49(52)44-25-11-24-41-40(38-22-9-16-31-13-3-6-19-35(31)38)26-27-42(46(41)44)48-50-47-43(39-23-10-17-32-14-4-7-20-36(32)39)28-33(29-45(47)51(48)49)37-21-8-15-30-12-2-5-18-34(30)37/h2-29,52H,1H3. The van der Waals surface area contributed by atoms with Crippen molar-refractivity contribution in [2.75, 3.05) is 0 Å². The Morgan fingerprint density at radius 1 is 0.462 bits per heavy atom. The fraction of sp³-hybridized carbons (Fsp3) is 0.0408. The maximum atomic E-state index is 12.9. The minimum Gasteiger partial charge on any atom is -0.367 e. The highest BCUT2D eigenvalue weighted by Gasteiger charge is 2.38. The van der Waals surface area contributed by atoms with Gasteiger partial charge in [-0.2, -0.15) is 0 Å². The van der Waals surface area contributed by atoms with Crippen LogP contribution in [0.1, 0.15) is 12.5 Å². The third-order valence-electron chi connectivity index (χ3n) is 11.2. The number of imidazole rings is 1. The van der Waals surface area contributed by atoms with Crippen molar-refractivity contribution in [3.63, 3.8) is 0 Å². The molecule has 0 aliphatic carbocycles. The van der Waals surface area contributed by atoms with Crippen molar-refractivity contribution in [2.24, 2.45) is 0 Å². The lowest BCUT2D eigenvalue weighted by Gasteiger charge is -2.34. The van der Waals surface area contributed by atoms with E-state index in [0.717, 1.165) is 66.6 Å². The summed E-state index contributed by atoms with van der Waals surface area (Å²) in [7, 11) is 0. The summed E-state index contributed by atoms with van der Waals surface area (Å²) in [4.78, 5) is 5.51. The summed E-state index contributed by atoms with van der Waals surface area (Å²) in [6.45, 7) is 1.92. The molecule has 11 rings (SSSR count). The molecule has 0 saturated carbocycles. The molecule has 10 aromatic rings. The Morgan fingerprint density at radius 3 is 1.60 bits per heavy atom. The Labute approximate surface area is 300 Å². The second-order valence-electron chi connectivity index (χ2n) is 14.2. The van der Waals surface area contributed by atoms with E-state index in [9.17, 15) is 5.11 Å². The lowest BCUT2D eigenvalue weighted by molar-refractivity contribution is 0.0313. The van der Waals surface area contributed by atoms with Gasteiger partial charge in [0.2, 0.25) is 0 Å². The number of hydrogen-bond acceptors (Lipinski definition) is 2. The first-order chi connectivity index (χ1) is 25.6. The van der Waals surface area contributed by atoms with E-state index < -0.39 is 5.72 Å². The summed E-state index contributed by atoms with van der Waals surface area (Å²) in [6, 6.07) is 60.4. The van der Waals surface area contributed by atoms with Gasteiger partial charge in [-0.1, -0.05) is 152 Å². The first-order valence-electron chi connectivity index (χ1n) is 17.9. The predicted octanol–water partition coefficient (Wildman–Crippen LogP) is 12.3. The lowest BCUT2D eigenvalue weighted by atomic mass is 9.85. The van der Waals surface area contributed by atoms with Crippen LogP contribution >= 0.6 is 0 Å². The molecule has 0 saturated heterocycles. The Kier molecular flexibility index (Phi) is 6.02. The van der Waals surface area contributed by atoms with Gasteiger partial charge in [0.25, 0.3) is 0 Å². The quantitative estimate of drug-likeness (QED) is 0.204. The first kappa shape index (κ1) is 29.2. The van der Waals surface area contributed by atoms with Crippen molar-refractivity contribution in [1.29, 1.82) is 0 Å². The van der Waals surface area contributed by atoms with Crippen LogP contribution in [-0.2, 0) is 5.72 Å². The number of aromatic nitrogens is 2. The van der Waals surface area contributed by atoms with Gasteiger partial charge >= 0.3 is 0 Å². The lowest BCUT2D eigenvalue weighted by Crippen LogP contribution is -2.34. The van der Waals surface area contributed by atoms with Crippen LogP contribution in [0.5, 0.6) is 0 Å². The molecule has 3 heteroatoms. The molecule has 1 atom stereocenters. The Hall–Kier alpha value is -6.55. The minimum absolute atomic E-state index is 0.768. The van der Waals surface area contributed by atoms with Crippen molar-refractivity contribution in [2.45, 2.75) is 12.6 Å². The number of nitrogens with zero attached hydrogens (tertiary/aromatic N) is 2. The van der Waals surface area contributed by atoms with E-state index in [1.807, 2.05) is 6.92 Å². The van der Waals surface area contributed by atoms with E-state index >= 15 is 0 Å². The highest BCUT2D eigenvalue weighted by molar-refractivity contribution is 6.13. The minimum atomic E-state index is -1.37. The van der Waals surface area contributed by atoms with E-state index in [1.165, 1.54) is 37.9 Å². The third kappa shape index (κ3) is 4.03. The number of benzene rings is 9. The topological polar surface area (TPSA) is 38.1 Å². The zero-order valence-electron chi connectivity index (χ0n) is 28.5. The molecule has 52 heavy (non-hydrogen) atoms. The Morgan fingerprint density at radius 2 is 0.942 bits per heavy atom. The molecule has 1 aromatic heterocycles. The predicted molar refractivity (Wildman–Crippen MR) is 216 cm³/mol. The van der Waals surface area contributed by atoms with Gasteiger partial charge in [-0.05, 0) is 90.6 Å². The average molecular weight is 665 g/mol. The van der Waals surface area contributed by atoms with Gasteiger partial charge in [0.1, 0.15) is 5.82 Å². The zero-order chi connectivity index (χ0) is 34.6. The monoisotopic (exact) mass is 664 g/mol. The second kappa shape index (κ2) is 10.7. The van der Waals surface area contributed by atoms with Crippen LogP contribution in [0, 0.1) is 0 Å². The van der Waals surface area contributed by atoms with Crippen LogP contribution in [0.2, 0.25) is 0 Å². The molecular weight excluding hydrogens is 633 g/mol. The van der Waals surface area contributed by atoms with Crippen molar-refractivity contribution < 1.29 is 5.11 Å². The fourth-order valence-corrected chi connectivity index (χ4v) is 8.90. The van der Waals surface area contributed by atoms with Crippen molar-refractivity contribution in [3.8, 4) is 44.8 Å². The summed E-state index contributed by atoms with van der Waals surface area (Å²) in [6.07, 6.45) is 0. The normalized spacial score (nSPS) is 15.2. The molecule has 244 valence electrons. The van der Waals surface area contributed by atoms with Crippen LogP contribution in [0.3, 0.4) is 0 Å². The van der Waals surface area contributed by atoms with E-state index in [-0.39, 0.29) is 0 Å². The van der Waals surface area contributed by atoms with E-state index in [4.69, 9.17) is 4.98 Å². The molecule has 0 amide bonds. The van der Waals surface area contributed by atoms with Gasteiger partial charge in [0.15, 0.2) is 5.72 Å². The van der Waals surface area contributed by atoms with Crippen molar-refractivity contribution in [3.05, 3.63) is 175 Å². The third-order valence-corrected chi connectivity index (χ3v) is 11.2. The fourth-order valence-electron chi connectivity index (χ4n) is 8.90. The van der Waals surface area contributed by atoms with E-state index in [2.05, 4.69) is 174 Å². The molecule has 3 nitrogen and oxygen atoms in total. The number of hydrogen-bond donors (Lipinski definition) is 1. The molecular formula is C49H32N2O. The van der Waals surface area contributed by atoms with Crippen molar-refractivity contribution in [1.82, 2.24) is 9.55 Å². The number of rotatable bonds is 3. The Balaban J connectivity index is 1.25. The van der Waals surface area contributed by atoms with Gasteiger partial charge in [-0.3, -0.25) is 4.57 Å². The van der Waals surface area contributed by atoms with Gasteiger partial charge < -0.3 is 5.11 Å². The van der Waals surface area contributed by atoms with Crippen molar-refractivity contribution >= 4 is 54.1 Å². The summed E-state index contributed by atoms with van der Waals surface area (Å²) in [5, 5.41) is 22.2. The Bertz CT molecular complexity index is 3100.